The van der Waals surface area contributed by atoms with E-state index in [1.54, 1.807) is 18.2 Å². The van der Waals surface area contributed by atoms with Gasteiger partial charge in [-0.05, 0) is 27.4 Å². The van der Waals surface area contributed by atoms with Crippen LogP contribution in [0.5, 0.6) is 0 Å². The normalized spacial score (nSPS) is 11.9. The molecule has 2 aromatic carbocycles. The average Bonchev–Trinajstić information content (AvgIpc) is 2.15. The molecular weight excluding hydrogens is 300 g/mol. The summed E-state index contributed by atoms with van der Waals surface area (Å²) in [6.45, 7) is 0. The van der Waals surface area contributed by atoms with Crippen molar-refractivity contribution >= 4 is 46.4 Å². The van der Waals surface area contributed by atoms with Gasteiger partial charge in [0.15, 0.2) is 0 Å². The summed E-state index contributed by atoms with van der Waals surface area (Å²) in [7, 11) is 1.65. The van der Waals surface area contributed by atoms with Gasteiger partial charge in [-0.1, -0.05) is 30.3 Å². The molecule has 0 spiro atoms. The second kappa shape index (κ2) is 3.77. The summed E-state index contributed by atoms with van der Waals surface area (Å²) in [6.07, 6.45) is 0. The first-order valence-corrected chi connectivity index (χ1v) is 7.22. The van der Waals surface area contributed by atoms with E-state index in [0.717, 1.165) is 5.39 Å². The lowest BCUT2D eigenvalue weighted by molar-refractivity contribution is 0.610. The Labute approximate surface area is 100 Å². The van der Waals surface area contributed by atoms with Gasteiger partial charge in [0.1, 0.15) is 4.90 Å². The highest BCUT2D eigenvalue weighted by atomic mass is 79.9. The second-order valence-electron chi connectivity index (χ2n) is 3.04. The summed E-state index contributed by atoms with van der Waals surface area (Å²) in [5.74, 6) is 0. The number of hydrogen-bond acceptors (Lipinski definition) is 2. The maximum absolute atomic E-state index is 11.4. The summed E-state index contributed by atoms with van der Waals surface area (Å²) in [4.78, 5) is 0.127. The number of halogens is 2. The van der Waals surface area contributed by atoms with Crippen molar-refractivity contribution in [2.75, 3.05) is 0 Å². The Hall–Kier alpha value is -0.580. The van der Waals surface area contributed by atoms with E-state index in [1.165, 1.54) is 0 Å². The minimum absolute atomic E-state index is 0.127. The molecule has 2 aromatic rings. The van der Waals surface area contributed by atoms with Gasteiger partial charge in [-0.3, -0.25) is 0 Å². The summed E-state index contributed by atoms with van der Waals surface area (Å²) in [6, 6.07) is 10.7. The van der Waals surface area contributed by atoms with Crippen LogP contribution in [0.1, 0.15) is 0 Å². The largest absolute Gasteiger partial charge is 0.263 e. The van der Waals surface area contributed by atoms with Crippen LogP contribution in [0.4, 0.5) is 0 Å². The van der Waals surface area contributed by atoms with Crippen LogP contribution in [0.25, 0.3) is 10.8 Å². The molecule has 78 valence electrons. The Morgan fingerprint density at radius 3 is 2.40 bits per heavy atom. The molecule has 0 unspecified atom stereocenters. The Kier molecular flexibility index (Phi) is 2.75. The summed E-state index contributed by atoms with van der Waals surface area (Å²) in [5, 5.41) is 1.47. The van der Waals surface area contributed by atoms with E-state index in [2.05, 4.69) is 15.9 Å². The second-order valence-corrected chi connectivity index (χ2v) is 6.39. The fraction of sp³-hybridized carbons (Fsp3) is 0. The fourth-order valence-electron chi connectivity index (χ4n) is 1.46. The van der Waals surface area contributed by atoms with Crippen LogP contribution < -0.4 is 0 Å². The number of benzene rings is 2. The third-order valence-corrected chi connectivity index (χ3v) is 4.39. The molecule has 0 amide bonds. The third-order valence-electron chi connectivity index (χ3n) is 2.08. The summed E-state index contributed by atoms with van der Waals surface area (Å²) < 4.78 is 23.3. The number of hydrogen-bond donors (Lipinski definition) is 0. The SMILES string of the molecule is O=S(=O)(Cl)c1c(Br)ccc2ccccc12. The van der Waals surface area contributed by atoms with Crippen molar-refractivity contribution in [2.45, 2.75) is 4.90 Å². The molecule has 0 aliphatic rings. The maximum Gasteiger partial charge on any atom is 0.263 e. The molecule has 0 saturated heterocycles. The Balaban J connectivity index is 2.99. The zero-order valence-corrected chi connectivity index (χ0v) is 10.6. The first-order chi connectivity index (χ1) is 7.00. The van der Waals surface area contributed by atoms with Crippen molar-refractivity contribution in [1.82, 2.24) is 0 Å². The molecule has 15 heavy (non-hydrogen) atoms. The number of rotatable bonds is 1. The highest BCUT2D eigenvalue weighted by molar-refractivity contribution is 9.10. The molecule has 0 heterocycles. The zero-order chi connectivity index (χ0) is 11.1. The highest BCUT2D eigenvalue weighted by Crippen LogP contribution is 2.32. The Morgan fingerprint density at radius 2 is 1.73 bits per heavy atom. The predicted octanol–water partition coefficient (Wildman–Crippen LogP) is 3.53. The van der Waals surface area contributed by atoms with Crippen molar-refractivity contribution in [3.63, 3.8) is 0 Å². The van der Waals surface area contributed by atoms with Crippen molar-refractivity contribution < 1.29 is 8.42 Å². The predicted molar refractivity (Wildman–Crippen MR) is 64.7 cm³/mol. The van der Waals surface area contributed by atoms with E-state index < -0.39 is 9.05 Å². The highest BCUT2D eigenvalue weighted by Gasteiger charge is 2.17. The van der Waals surface area contributed by atoms with Gasteiger partial charge in [-0.15, -0.1) is 0 Å². The van der Waals surface area contributed by atoms with E-state index in [0.29, 0.717) is 9.86 Å². The van der Waals surface area contributed by atoms with Crippen molar-refractivity contribution in [2.24, 2.45) is 0 Å². The van der Waals surface area contributed by atoms with Gasteiger partial charge < -0.3 is 0 Å². The van der Waals surface area contributed by atoms with E-state index >= 15 is 0 Å². The molecule has 0 radical (unpaired) electrons. The Morgan fingerprint density at radius 1 is 1.07 bits per heavy atom. The molecule has 2 rings (SSSR count). The fourth-order valence-corrected chi connectivity index (χ4v) is 3.98. The third kappa shape index (κ3) is 2.02. The monoisotopic (exact) mass is 304 g/mol. The molecule has 0 atom stereocenters. The van der Waals surface area contributed by atoms with Gasteiger partial charge >= 0.3 is 0 Å². The number of fused-ring (bicyclic) bond motifs is 1. The van der Waals surface area contributed by atoms with Gasteiger partial charge in [0.25, 0.3) is 9.05 Å². The van der Waals surface area contributed by atoms with Crippen LogP contribution >= 0.6 is 26.6 Å². The molecule has 0 aliphatic heterocycles. The van der Waals surface area contributed by atoms with E-state index in [4.69, 9.17) is 10.7 Å². The van der Waals surface area contributed by atoms with Gasteiger partial charge in [0.2, 0.25) is 0 Å². The molecule has 5 heteroatoms. The minimum Gasteiger partial charge on any atom is -0.207 e. The lowest BCUT2D eigenvalue weighted by atomic mass is 10.1. The molecule has 0 aromatic heterocycles. The molecule has 0 fully saturated rings. The molecule has 0 N–H and O–H groups in total. The lowest BCUT2D eigenvalue weighted by Gasteiger charge is -2.05. The van der Waals surface area contributed by atoms with Gasteiger partial charge in [-0.2, -0.15) is 0 Å². The summed E-state index contributed by atoms with van der Waals surface area (Å²) in [5.41, 5.74) is 0. The van der Waals surface area contributed by atoms with E-state index in [1.807, 2.05) is 18.2 Å². The quantitative estimate of drug-likeness (QED) is 0.755. The van der Waals surface area contributed by atoms with Crippen LogP contribution in [0, 0.1) is 0 Å². The first kappa shape index (κ1) is 10.9. The molecular formula is C10H6BrClO2S. The van der Waals surface area contributed by atoms with E-state index in [9.17, 15) is 8.42 Å². The maximum atomic E-state index is 11.4. The molecule has 0 bridgehead atoms. The van der Waals surface area contributed by atoms with Crippen molar-refractivity contribution in [1.29, 1.82) is 0 Å². The Bertz CT molecular complexity index is 622. The van der Waals surface area contributed by atoms with E-state index in [-0.39, 0.29) is 4.90 Å². The minimum atomic E-state index is -3.73. The molecule has 2 nitrogen and oxygen atoms in total. The van der Waals surface area contributed by atoms with Crippen LogP contribution in [0.2, 0.25) is 0 Å². The van der Waals surface area contributed by atoms with Crippen LogP contribution in [-0.4, -0.2) is 8.42 Å². The smallest absolute Gasteiger partial charge is 0.207 e. The lowest BCUT2D eigenvalue weighted by Crippen LogP contribution is -1.93. The van der Waals surface area contributed by atoms with Crippen LogP contribution in [-0.2, 0) is 9.05 Å². The standard InChI is InChI=1S/C10H6BrClO2S/c11-9-6-5-7-3-1-2-4-8(7)10(9)15(12,13)14/h1-6H. The van der Waals surface area contributed by atoms with Gasteiger partial charge in [0, 0.05) is 20.5 Å². The molecule has 0 saturated carbocycles. The topological polar surface area (TPSA) is 34.1 Å². The van der Waals surface area contributed by atoms with Crippen LogP contribution in [0.3, 0.4) is 0 Å². The average molecular weight is 306 g/mol. The first-order valence-electron chi connectivity index (χ1n) is 4.12. The summed E-state index contributed by atoms with van der Waals surface area (Å²) >= 11 is 3.19. The van der Waals surface area contributed by atoms with Crippen molar-refractivity contribution in [3.8, 4) is 0 Å². The molecule has 0 aliphatic carbocycles. The van der Waals surface area contributed by atoms with Gasteiger partial charge in [-0.25, -0.2) is 8.42 Å². The van der Waals surface area contributed by atoms with Gasteiger partial charge in [0.05, 0.1) is 0 Å². The zero-order valence-electron chi connectivity index (χ0n) is 7.44. The van der Waals surface area contributed by atoms with Crippen molar-refractivity contribution in [3.05, 3.63) is 40.9 Å². The van der Waals surface area contributed by atoms with Crippen LogP contribution in [0.15, 0.2) is 45.8 Å².